The maximum atomic E-state index is 11.8. The van der Waals surface area contributed by atoms with Gasteiger partial charge in [-0.05, 0) is 6.92 Å². The Labute approximate surface area is 112 Å². The first-order valence-electron chi connectivity index (χ1n) is 5.71. The van der Waals surface area contributed by atoms with Crippen LogP contribution >= 0.6 is 0 Å². The Morgan fingerprint density at radius 1 is 1.16 bits per heavy atom. The highest BCUT2D eigenvalue weighted by molar-refractivity contribution is 5.96. The fourth-order valence-electron chi connectivity index (χ4n) is 1.67. The smallest absolute Gasteiger partial charge is 0.255 e. The van der Waals surface area contributed by atoms with E-state index in [0.717, 1.165) is 0 Å². The van der Waals surface area contributed by atoms with Crippen molar-refractivity contribution in [2.45, 2.75) is 13.0 Å². The summed E-state index contributed by atoms with van der Waals surface area (Å²) in [7, 11) is 6.07. The maximum absolute atomic E-state index is 11.8. The van der Waals surface area contributed by atoms with E-state index in [0.29, 0.717) is 22.9 Å². The molecule has 0 spiro atoms. The number of aliphatic hydroxyl groups excluding tert-OH is 1. The number of anilines is 1. The highest BCUT2D eigenvalue weighted by atomic mass is 16.5. The van der Waals surface area contributed by atoms with Crippen LogP contribution in [0.2, 0.25) is 0 Å². The lowest BCUT2D eigenvalue weighted by molar-refractivity contribution is -0.125. The fraction of sp³-hybridized carbons (Fsp3) is 0.462. The van der Waals surface area contributed by atoms with Crippen LogP contribution < -0.4 is 19.1 Å². The molecule has 0 bridgehead atoms. The van der Waals surface area contributed by atoms with Gasteiger partial charge in [-0.3, -0.25) is 4.79 Å². The minimum atomic E-state index is -1.08. The highest BCUT2D eigenvalue weighted by Gasteiger charge is 2.20. The predicted molar refractivity (Wildman–Crippen MR) is 71.2 cm³/mol. The SMILES string of the molecule is COc1cc(N(C)C(=O)C(C)O)cc(OC)c1OC. The molecule has 0 radical (unpaired) electrons. The second kappa shape index (κ2) is 6.29. The minimum absolute atomic E-state index is 0.422. The van der Waals surface area contributed by atoms with Crippen molar-refractivity contribution >= 4 is 11.6 Å². The van der Waals surface area contributed by atoms with Gasteiger partial charge in [0.05, 0.1) is 27.0 Å². The Bertz CT molecular complexity index is 433. The normalized spacial score (nSPS) is 11.7. The molecule has 1 rings (SSSR count). The van der Waals surface area contributed by atoms with Crippen LogP contribution in [0.5, 0.6) is 17.2 Å². The standard InChI is InChI=1S/C13H19NO5/c1-8(15)13(16)14(2)9-6-10(17-3)12(19-5)11(7-9)18-4/h6-8,15H,1-5H3. The van der Waals surface area contributed by atoms with Gasteiger partial charge in [-0.15, -0.1) is 0 Å². The van der Waals surface area contributed by atoms with E-state index in [1.165, 1.54) is 33.2 Å². The van der Waals surface area contributed by atoms with Crippen LogP contribution in [0.3, 0.4) is 0 Å². The van der Waals surface area contributed by atoms with Gasteiger partial charge in [0.25, 0.3) is 5.91 Å². The molecule has 0 aliphatic heterocycles. The van der Waals surface area contributed by atoms with Crippen LogP contribution in [-0.2, 0) is 4.79 Å². The first-order valence-corrected chi connectivity index (χ1v) is 5.71. The Balaban J connectivity index is 3.26. The molecular weight excluding hydrogens is 250 g/mol. The number of nitrogens with zero attached hydrogens (tertiary/aromatic N) is 1. The summed E-state index contributed by atoms with van der Waals surface area (Å²) in [4.78, 5) is 13.1. The summed E-state index contributed by atoms with van der Waals surface area (Å²) in [6, 6.07) is 3.28. The minimum Gasteiger partial charge on any atom is -0.493 e. The van der Waals surface area contributed by atoms with Gasteiger partial charge in [-0.1, -0.05) is 0 Å². The Morgan fingerprint density at radius 3 is 1.95 bits per heavy atom. The van der Waals surface area contributed by atoms with Crippen molar-refractivity contribution < 1.29 is 24.1 Å². The average molecular weight is 269 g/mol. The average Bonchev–Trinajstić information content (AvgIpc) is 2.43. The molecule has 0 saturated heterocycles. The number of carbonyl (C=O) groups excluding carboxylic acids is 1. The van der Waals surface area contributed by atoms with Crippen LogP contribution in [0.25, 0.3) is 0 Å². The molecule has 0 aromatic heterocycles. The quantitative estimate of drug-likeness (QED) is 0.865. The first kappa shape index (κ1) is 15.1. The Morgan fingerprint density at radius 2 is 1.63 bits per heavy atom. The van der Waals surface area contributed by atoms with E-state index >= 15 is 0 Å². The molecule has 1 aromatic rings. The van der Waals surface area contributed by atoms with E-state index in [2.05, 4.69) is 0 Å². The third kappa shape index (κ3) is 3.08. The van der Waals surface area contributed by atoms with E-state index in [9.17, 15) is 9.90 Å². The third-order valence-electron chi connectivity index (χ3n) is 2.72. The van der Waals surface area contributed by atoms with E-state index in [1.54, 1.807) is 19.2 Å². The number of carbonyl (C=O) groups is 1. The number of benzene rings is 1. The van der Waals surface area contributed by atoms with E-state index in [-0.39, 0.29) is 0 Å². The summed E-state index contributed by atoms with van der Waals surface area (Å²) >= 11 is 0. The summed E-state index contributed by atoms with van der Waals surface area (Å²) in [6.07, 6.45) is -1.08. The molecule has 1 amide bonds. The highest BCUT2D eigenvalue weighted by Crippen LogP contribution is 2.40. The lowest BCUT2D eigenvalue weighted by Gasteiger charge is -2.21. The second-order valence-corrected chi connectivity index (χ2v) is 3.96. The summed E-state index contributed by atoms with van der Waals surface area (Å²) in [5.41, 5.74) is 0.542. The van der Waals surface area contributed by atoms with Crippen LogP contribution in [0.4, 0.5) is 5.69 Å². The van der Waals surface area contributed by atoms with Gasteiger partial charge in [-0.25, -0.2) is 0 Å². The zero-order chi connectivity index (χ0) is 14.6. The number of aliphatic hydroxyl groups is 1. The molecule has 19 heavy (non-hydrogen) atoms. The number of rotatable bonds is 5. The number of ether oxygens (including phenoxy) is 3. The summed E-state index contributed by atoms with van der Waals surface area (Å²) in [6.45, 7) is 1.41. The molecule has 1 atom stereocenters. The molecule has 0 aliphatic carbocycles. The van der Waals surface area contributed by atoms with Gasteiger partial charge in [0.15, 0.2) is 11.5 Å². The summed E-state index contributed by atoms with van der Waals surface area (Å²) < 4.78 is 15.6. The number of hydrogen-bond acceptors (Lipinski definition) is 5. The van der Waals surface area contributed by atoms with Crippen molar-refractivity contribution in [2.24, 2.45) is 0 Å². The molecule has 1 unspecified atom stereocenters. The van der Waals surface area contributed by atoms with Crippen molar-refractivity contribution in [3.05, 3.63) is 12.1 Å². The molecule has 106 valence electrons. The lowest BCUT2D eigenvalue weighted by atomic mass is 10.2. The van der Waals surface area contributed by atoms with Crippen LogP contribution in [-0.4, -0.2) is 45.5 Å². The second-order valence-electron chi connectivity index (χ2n) is 3.96. The molecule has 1 aromatic carbocycles. The Kier molecular flexibility index (Phi) is 5.00. The van der Waals surface area contributed by atoms with Gasteiger partial charge in [0.1, 0.15) is 6.10 Å². The van der Waals surface area contributed by atoms with E-state index in [1.807, 2.05) is 0 Å². The van der Waals surface area contributed by atoms with Crippen LogP contribution in [0.1, 0.15) is 6.92 Å². The maximum Gasteiger partial charge on any atom is 0.255 e. The van der Waals surface area contributed by atoms with E-state index in [4.69, 9.17) is 14.2 Å². The van der Waals surface area contributed by atoms with Crippen molar-refractivity contribution in [2.75, 3.05) is 33.3 Å². The first-order chi connectivity index (χ1) is 8.96. The number of hydrogen-bond donors (Lipinski definition) is 1. The molecular formula is C13H19NO5. The van der Waals surface area contributed by atoms with Gasteiger partial charge in [0.2, 0.25) is 5.75 Å². The van der Waals surface area contributed by atoms with Crippen molar-refractivity contribution in [1.29, 1.82) is 0 Å². The van der Waals surface area contributed by atoms with Crippen LogP contribution in [0.15, 0.2) is 12.1 Å². The number of amides is 1. The zero-order valence-electron chi connectivity index (χ0n) is 11.8. The monoisotopic (exact) mass is 269 g/mol. The Hall–Kier alpha value is -1.95. The number of methoxy groups -OCH3 is 3. The third-order valence-corrected chi connectivity index (χ3v) is 2.72. The number of likely N-dealkylation sites (N-methyl/N-ethyl adjacent to an activating group) is 1. The van der Waals surface area contributed by atoms with Gasteiger partial charge in [0, 0.05) is 19.2 Å². The van der Waals surface area contributed by atoms with Crippen LogP contribution in [0, 0.1) is 0 Å². The molecule has 0 fully saturated rings. The molecule has 6 heteroatoms. The zero-order valence-corrected chi connectivity index (χ0v) is 11.8. The van der Waals surface area contributed by atoms with Crippen molar-refractivity contribution in [3.63, 3.8) is 0 Å². The fourth-order valence-corrected chi connectivity index (χ4v) is 1.67. The van der Waals surface area contributed by atoms with Crippen molar-refractivity contribution in [1.82, 2.24) is 0 Å². The van der Waals surface area contributed by atoms with Crippen molar-refractivity contribution in [3.8, 4) is 17.2 Å². The van der Waals surface area contributed by atoms with Gasteiger partial charge in [-0.2, -0.15) is 0 Å². The molecule has 0 aliphatic rings. The lowest BCUT2D eigenvalue weighted by Crippen LogP contribution is -2.34. The van der Waals surface area contributed by atoms with E-state index < -0.39 is 12.0 Å². The van der Waals surface area contributed by atoms with Gasteiger partial charge >= 0.3 is 0 Å². The molecule has 0 heterocycles. The molecule has 6 nitrogen and oxygen atoms in total. The summed E-state index contributed by atoms with van der Waals surface area (Å²) in [5, 5.41) is 9.33. The topological polar surface area (TPSA) is 68.2 Å². The van der Waals surface area contributed by atoms with Gasteiger partial charge < -0.3 is 24.2 Å². The molecule has 0 saturated carbocycles. The summed E-state index contributed by atoms with van der Waals surface area (Å²) in [5.74, 6) is 0.921. The predicted octanol–water partition coefficient (Wildman–Crippen LogP) is 1.06. The largest absolute Gasteiger partial charge is 0.493 e. The molecule has 1 N–H and O–H groups in total.